The number of hydrogen-bond donors (Lipinski definition) is 1. The molecule has 2 aromatic rings. The Labute approximate surface area is 154 Å². The number of rotatable bonds is 7. The van der Waals surface area contributed by atoms with Crippen molar-refractivity contribution in [2.45, 2.75) is 6.54 Å². The zero-order chi connectivity index (χ0) is 19.1. The molecule has 0 bridgehead atoms. The molecule has 0 aliphatic rings. The van der Waals surface area contributed by atoms with Gasteiger partial charge in [-0.3, -0.25) is 4.79 Å². The third-order valence-corrected chi connectivity index (χ3v) is 3.73. The number of carbonyl (C=O) groups is 2. The number of carbonyl (C=O) groups excluding carboxylic acids is 2. The Kier molecular flexibility index (Phi) is 6.80. The third-order valence-electron chi connectivity index (χ3n) is 3.44. The van der Waals surface area contributed by atoms with Gasteiger partial charge < -0.3 is 19.5 Å². The Morgan fingerprint density at radius 1 is 1.12 bits per heavy atom. The second kappa shape index (κ2) is 9.05. The van der Waals surface area contributed by atoms with Gasteiger partial charge >= 0.3 is 5.97 Å². The van der Waals surface area contributed by atoms with Crippen LogP contribution in [0.1, 0.15) is 15.9 Å². The third kappa shape index (κ3) is 5.10. The van der Waals surface area contributed by atoms with Crippen LogP contribution in [0.5, 0.6) is 11.5 Å². The van der Waals surface area contributed by atoms with E-state index in [0.29, 0.717) is 11.3 Å². The Balaban J connectivity index is 1.88. The van der Waals surface area contributed by atoms with Crippen LogP contribution in [0.2, 0.25) is 5.02 Å². The summed E-state index contributed by atoms with van der Waals surface area (Å²) in [4.78, 5) is 23.9. The molecule has 0 saturated heterocycles. The first-order chi connectivity index (χ1) is 12.4. The molecule has 0 aliphatic carbocycles. The van der Waals surface area contributed by atoms with E-state index in [1.54, 1.807) is 6.07 Å². The van der Waals surface area contributed by atoms with E-state index in [2.05, 4.69) is 5.32 Å². The molecular weight excluding hydrogens is 365 g/mol. The molecule has 8 heteroatoms. The van der Waals surface area contributed by atoms with Crippen molar-refractivity contribution in [3.05, 3.63) is 58.4 Å². The molecule has 0 radical (unpaired) electrons. The van der Waals surface area contributed by atoms with Gasteiger partial charge in [0.1, 0.15) is 22.9 Å². The average molecular weight is 382 g/mol. The predicted octanol–water partition coefficient (Wildman–Crippen LogP) is 2.97. The summed E-state index contributed by atoms with van der Waals surface area (Å²) < 4.78 is 28.2. The minimum atomic E-state index is -0.704. The van der Waals surface area contributed by atoms with Crippen molar-refractivity contribution in [3.8, 4) is 11.5 Å². The first-order valence-corrected chi connectivity index (χ1v) is 7.92. The van der Waals surface area contributed by atoms with E-state index in [1.165, 1.54) is 44.6 Å². The van der Waals surface area contributed by atoms with Gasteiger partial charge in [0.2, 0.25) is 0 Å². The van der Waals surface area contributed by atoms with Crippen molar-refractivity contribution in [1.29, 1.82) is 0 Å². The number of benzene rings is 2. The van der Waals surface area contributed by atoms with Gasteiger partial charge in [-0.25, -0.2) is 9.18 Å². The Morgan fingerprint density at radius 3 is 2.54 bits per heavy atom. The average Bonchev–Trinajstić information content (AvgIpc) is 2.66. The molecule has 0 spiro atoms. The minimum Gasteiger partial charge on any atom is -0.497 e. The fourth-order valence-corrected chi connectivity index (χ4v) is 2.28. The van der Waals surface area contributed by atoms with Crippen LogP contribution in [0.25, 0.3) is 0 Å². The van der Waals surface area contributed by atoms with Crippen LogP contribution in [0.4, 0.5) is 4.39 Å². The van der Waals surface area contributed by atoms with Crippen LogP contribution in [-0.2, 0) is 16.1 Å². The molecule has 6 nitrogen and oxygen atoms in total. The summed E-state index contributed by atoms with van der Waals surface area (Å²) in [5, 5.41) is 2.52. The Morgan fingerprint density at radius 2 is 1.88 bits per heavy atom. The van der Waals surface area contributed by atoms with Gasteiger partial charge in [-0.15, -0.1) is 0 Å². The van der Waals surface area contributed by atoms with Gasteiger partial charge in [-0.1, -0.05) is 17.7 Å². The zero-order valence-electron chi connectivity index (χ0n) is 14.2. The van der Waals surface area contributed by atoms with E-state index in [1.807, 2.05) is 0 Å². The number of methoxy groups -OCH3 is 2. The van der Waals surface area contributed by atoms with Gasteiger partial charge in [-0.2, -0.15) is 0 Å². The summed E-state index contributed by atoms with van der Waals surface area (Å²) in [5.74, 6) is -0.954. The lowest BCUT2D eigenvalue weighted by atomic mass is 10.2. The quantitative estimate of drug-likeness (QED) is 0.746. The van der Waals surface area contributed by atoms with Crippen molar-refractivity contribution in [1.82, 2.24) is 5.32 Å². The summed E-state index contributed by atoms with van der Waals surface area (Å²) in [6.07, 6.45) is 0. The number of halogens is 2. The molecule has 0 unspecified atom stereocenters. The molecule has 0 aromatic heterocycles. The smallest absolute Gasteiger partial charge is 0.342 e. The number of esters is 1. The highest BCUT2D eigenvalue weighted by atomic mass is 35.5. The molecule has 1 amide bonds. The van der Waals surface area contributed by atoms with Crippen LogP contribution in [-0.4, -0.2) is 32.7 Å². The van der Waals surface area contributed by atoms with Crippen LogP contribution < -0.4 is 14.8 Å². The fourth-order valence-electron chi connectivity index (χ4n) is 2.08. The minimum absolute atomic E-state index is 0.0326. The molecule has 0 atom stereocenters. The van der Waals surface area contributed by atoms with Crippen LogP contribution in [0, 0.1) is 5.82 Å². The van der Waals surface area contributed by atoms with Crippen LogP contribution in [0.15, 0.2) is 36.4 Å². The van der Waals surface area contributed by atoms with E-state index in [9.17, 15) is 14.0 Å². The molecule has 0 aliphatic heterocycles. The van der Waals surface area contributed by atoms with Crippen molar-refractivity contribution in [2.24, 2.45) is 0 Å². The maximum Gasteiger partial charge on any atom is 0.342 e. The summed E-state index contributed by atoms with van der Waals surface area (Å²) in [6.45, 7) is -0.342. The SMILES string of the molecule is COc1ccc(C(=O)OCC(=O)NCc2ccc(F)c(Cl)c2)c(OC)c1. The highest BCUT2D eigenvalue weighted by Gasteiger charge is 2.16. The monoisotopic (exact) mass is 381 g/mol. The van der Waals surface area contributed by atoms with E-state index in [-0.39, 0.29) is 22.9 Å². The largest absolute Gasteiger partial charge is 0.497 e. The molecule has 0 heterocycles. The van der Waals surface area contributed by atoms with Gasteiger partial charge in [0.15, 0.2) is 6.61 Å². The van der Waals surface area contributed by atoms with E-state index < -0.39 is 24.3 Å². The number of amides is 1. The van der Waals surface area contributed by atoms with Crippen molar-refractivity contribution < 1.29 is 28.2 Å². The molecule has 0 fully saturated rings. The topological polar surface area (TPSA) is 73.9 Å². The molecule has 1 N–H and O–H groups in total. The van der Waals surface area contributed by atoms with Gasteiger partial charge in [0.25, 0.3) is 5.91 Å². The number of ether oxygens (including phenoxy) is 3. The maximum absolute atomic E-state index is 13.1. The number of hydrogen-bond acceptors (Lipinski definition) is 5. The zero-order valence-corrected chi connectivity index (χ0v) is 14.9. The van der Waals surface area contributed by atoms with Crippen LogP contribution in [0.3, 0.4) is 0 Å². The van der Waals surface area contributed by atoms with Crippen molar-refractivity contribution >= 4 is 23.5 Å². The number of nitrogens with one attached hydrogen (secondary N) is 1. The lowest BCUT2D eigenvalue weighted by molar-refractivity contribution is -0.124. The lowest BCUT2D eigenvalue weighted by Gasteiger charge is -2.10. The Hall–Kier alpha value is -2.80. The van der Waals surface area contributed by atoms with Gasteiger partial charge in [-0.05, 0) is 29.8 Å². The molecule has 26 heavy (non-hydrogen) atoms. The summed E-state index contributed by atoms with van der Waals surface area (Å²) in [5.41, 5.74) is 0.791. The first-order valence-electron chi connectivity index (χ1n) is 7.54. The maximum atomic E-state index is 13.1. The fraction of sp³-hybridized carbons (Fsp3) is 0.222. The Bertz CT molecular complexity index is 812. The molecule has 2 rings (SSSR count). The first kappa shape index (κ1) is 19.5. The summed E-state index contributed by atoms with van der Waals surface area (Å²) in [6, 6.07) is 8.71. The molecule has 0 saturated carbocycles. The van der Waals surface area contributed by atoms with E-state index >= 15 is 0 Å². The van der Waals surface area contributed by atoms with Crippen molar-refractivity contribution in [2.75, 3.05) is 20.8 Å². The standard InChI is InChI=1S/C18H17ClFNO5/c1-24-12-4-5-13(16(8-12)25-2)18(23)26-10-17(22)21-9-11-3-6-15(20)14(19)7-11/h3-8H,9-10H2,1-2H3,(H,21,22). The van der Waals surface area contributed by atoms with E-state index in [0.717, 1.165) is 0 Å². The van der Waals surface area contributed by atoms with E-state index in [4.69, 9.17) is 25.8 Å². The van der Waals surface area contributed by atoms with Crippen LogP contribution >= 0.6 is 11.6 Å². The molecular formula is C18H17ClFNO5. The van der Waals surface area contributed by atoms with Crippen molar-refractivity contribution in [3.63, 3.8) is 0 Å². The normalized spacial score (nSPS) is 10.2. The van der Waals surface area contributed by atoms with Gasteiger partial charge in [0, 0.05) is 12.6 Å². The second-order valence-electron chi connectivity index (χ2n) is 5.17. The lowest BCUT2D eigenvalue weighted by Crippen LogP contribution is -2.28. The molecule has 138 valence electrons. The predicted molar refractivity (Wildman–Crippen MR) is 93.1 cm³/mol. The summed E-state index contributed by atoms with van der Waals surface area (Å²) in [7, 11) is 2.90. The highest BCUT2D eigenvalue weighted by Crippen LogP contribution is 2.25. The van der Waals surface area contributed by atoms with Gasteiger partial charge in [0.05, 0.1) is 19.2 Å². The molecule has 2 aromatic carbocycles. The second-order valence-corrected chi connectivity index (χ2v) is 5.57. The highest BCUT2D eigenvalue weighted by molar-refractivity contribution is 6.30. The summed E-state index contributed by atoms with van der Waals surface area (Å²) >= 11 is 5.67.